The lowest BCUT2D eigenvalue weighted by atomic mass is 10.1. The van der Waals surface area contributed by atoms with E-state index < -0.39 is 10.5 Å². The van der Waals surface area contributed by atoms with Crippen LogP contribution in [0.4, 0.5) is 5.69 Å². The molecule has 0 bridgehead atoms. The van der Waals surface area contributed by atoms with Crippen LogP contribution in [0.1, 0.15) is 11.1 Å². The highest BCUT2D eigenvalue weighted by molar-refractivity contribution is 5.81. The lowest BCUT2D eigenvalue weighted by molar-refractivity contribution is -0.385. The van der Waals surface area contributed by atoms with Gasteiger partial charge in [0.2, 0.25) is 5.75 Å². The maximum Gasteiger partial charge on any atom is 0.336 e. The van der Waals surface area contributed by atoms with E-state index in [9.17, 15) is 14.9 Å². The summed E-state index contributed by atoms with van der Waals surface area (Å²) in [6, 6.07) is 11.9. The van der Waals surface area contributed by atoms with Crippen LogP contribution < -0.4 is 10.4 Å². The normalized spacial score (nSPS) is 10.3. The molecule has 0 aliphatic rings. The van der Waals surface area contributed by atoms with Crippen LogP contribution in [0.3, 0.4) is 0 Å². The topological polar surface area (TPSA) is 106 Å². The summed E-state index contributed by atoms with van der Waals surface area (Å²) in [5.41, 5.74) is 0.537. The fraction of sp³-hybridized carbons (Fsp3) is 0.0588. The predicted molar refractivity (Wildman–Crippen MR) is 85.1 cm³/mol. The summed E-state index contributed by atoms with van der Waals surface area (Å²) in [7, 11) is 0. The first kappa shape index (κ1) is 15.2. The smallest absolute Gasteiger partial charge is 0.336 e. The molecule has 7 heteroatoms. The zero-order chi connectivity index (χ0) is 17.3. The van der Waals surface area contributed by atoms with Crippen LogP contribution >= 0.6 is 0 Å². The van der Waals surface area contributed by atoms with E-state index in [-0.39, 0.29) is 17.0 Å². The highest BCUT2D eigenvalue weighted by Gasteiger charge is 2.17. The molecule has 0 fully saturated rings. The monoisotopic (exact) mass is 322 g/mol. The Balaban J connectivity index is 2.06. The molecule has 24 heavy (non-hydrogen) atoms. The molecule has 1 aromatic heterocycles. The first-order valence-corrected chi connectivity index (χ1v) is 6.89. The number of nitro groups is 1. The van der Waals surface area contributed by atoms with Gasteiger partial charge in [-0.05, 0) is 42.8 Å². The molecule has 0 saturated carbocycles. The molecule has 0 radical (unpaired) electrons. The van der Waals surface area contributed by atoms with Crippen molar-refractivity contribution < 1.29 is 14.1 Å². The number of aryl methyl sites for hydroxylation is 1. The van der Waals surface area contributed by atoms with Gasteiger partial charge in [0.05, 0.1) is 16.6 Å². The van der Waals surface area contributed by atoms with Gasteiger partial charge in [0.1, 0.15) is 11.3 Å². The van der Waals surface area contributed by atoms with Crippen molar-refractivity contribution in [2.24, 2.45) is 0 Å². The van der Waals surface area contributed by atoms with Gasteiger partial charge < -0.3 is 9.15 Å². The summed E-state index contributed by atoms with van der Waals surface area (Å²) in [6.07, 6.45) is 0. The van der Waals surface area contributed by atoms with E-state index >= 15 is 0 Å². The Bertz CT molecular complexity index is 1060. The van der Waals surface area contributed by atoms with Gasteiger partial charge in [0.15, 0.2) is 0 Å². The van der Waals surface area contributed by atoms with Gasteiger partial charge >= 0.3 is 11.3 Å². The Morgan fingerprint density at radius 2 is 2.00 bits per heavy atom. The number of rotatable bonds is 3. The molecular weight excluding hydrogens is 312 g/mol. The second kappa shape index (κ2) is 5.85. The van der Waals surface area contributed by atoms with Crippen LogP contribution in [0.5, 0.6) is 11.5 Å². The minimum absolute atomic E-state index is 0.0217. The van der Waals surface area contributed by atoms with E-state index in [1.165, 1.54) is 18.2 Å². The first-order chi connectivity index (χ1) is 11.5. The number of fused-ring (bicyclic) bond motifs is 1. The molecule has 0 saturated heterocycles. The molecule has 0 atom stereocenters. The Morgan fingerprint density at radius 1 is 1.21 bits per heavy atom. The first-order valence-electron chi connectivity index (χ1n) is 6.89. The lowest BCUT2D eigenvalue weighted by Crippen LogP contribution is -1.98. The van der Waals surface area contributed by atoms with Gasteiger partial charge in [-0.1, -0.05) is 0 Å². The standard InChI is InChI=1S/C17H10N2O5/c1-10-6-17(20)24-15-5-3-12(8-13(10)15)23-16-4-2-11(9-18)7-14(16)19(21)22/h2-8H,1H3. The molecule has 0 spiro atoms. The molecular formula is C17H10N2O5. The SMILES string of the molecule is Cc1cc(=O)oc2ccc(Oc3ccc(C#N)cc3[N+](=O)[O-])cc12. The van der Waals surface area contributed by atoms with Gasteiger partial charge in [-0.15, -0.1) is 0 Å². The molecule has 0 unspecified atom stereocenters. The number of nitriles is 1. The van der Waals surface area contributed by atoms with Crippen LogP contribution in [0.15, 0.2) is 51.7 Å². The molecule has 3 rings (SSSR count). The Labute approximate surface area is 135 Å². The molecule has 0 amide bonds. The minimum atomic E-state index is -0.610. The van der Waals surface area contributed by atoms with Crippen molar-refractivity contribution in [1.82, 2.24) is 0 Å². The third-order valence-electron chi connectivity index (χ3n) is 3.43. The van der Waals surface area contributed by atoms with Crippen molar-refractivity contribution in [3.8, 4) is 17.6 Å². The van der Waals surface area contributed by atoms with Crippen LogP contribution in [-0.2, 0) is 0 Å². The van der Waals surface area contributed by atoms with Crippen molar-refractivity contribution in [3.63, 3.8) is 0 Å². The predicted octanol–water partition coefficient (Wildman–Crippen LogP) is 3.67. The lowest BCUT2D eigenvalue weighted by Gasteiger charge is -2.08. The van der Waals surface area contributed by atoms with Crippen LogP contribution in [0.25, 0.3) is 11.0 Å². The van der Waals surface area contributed by atoms with E-state index in [0.717, 1.165) is 6.07 Å². The van der Waals surface area contributed by atoms with E-state index in [0.29, 0.717) is 22.3 Å². The molecule has 0 aliphatic heterocycles. The zero-order valence-electron chi connectivity index (χ0n) is 12.5. The third kappa shape index (κ3) is 2.80. The van der Waals surface area contributed by atoms with Gasteiger partial charge in [-0.3, -0.25) is 10.1 Å². The third-order valence-corrected chi connectivity index (χ3v) is 3.43. The van der Waals surface area contributed by atoms with E-state index in [2.05, 4.69) is 0 Å². The largest absolute Gasteiger partial charge is 0.450 e. The van der Waals surface area contributed by atoms with E-state index in [1.807, 2.05) is 6.07 Å². The fourth-order valence-electron chi connectivity index (χ4n) is 2.30. The highest BCUT2D eigenvalue weighted by Crippen LogP contribution is 2.33. The maximum absolute atomic E-state index is 11.4. The number of nitrogens with zero attached hydrogens (tertiary/aromatic N) is 2. The summed E-state index contributed by atoms with van der Waals surface area (Å²) in [6.45, 7) is 1.76. The average Bonchev–Trinajstić information content (AvgIpc) is 2.55. The number of benzene rings is 2. The van der Waals surface area contributed by atoms with E-state index in [1.54, 1.807) is 25.1 Å². The average molecular weight is 322 g/mol. The summed E-state index contributed by atoms with van der Waals surface area (Å²) in [4.78, 5) is 21.9. The molecule has 0 N–H and O–H groups in total. The number of hydrogen-bond donors (Lipinski definition) is 0. The molecule has 7 nitrogen and oxygen atoms in total. The number of hydrogen-bond acceptors (Lipinski definition) is 6. The second-order valence-electron chi connectivity index (χ2n) is 5.06. The maximum atomic E-state index is 11.4. The van der Waals surface area contributed by atoms with Crippen molar-refractivity contribution in [2.45, 2.75) is 6.92 Å². The highest BCUT2D eigenvalue weighted by atomic mass is 16.6. The summed E-state index contributed by atoms with van der Waals surface area (Å²) >= 11 is 0. The summed E-state index contributed by atoms with van der Waals surface area (Å²) in [5.74, 6) is 0.376. The summed E-state index contributed by atoms with van der Waals surface area (Å²) in [5, 5.41) is 20.7. The van der Waals surface area contributed by atoms with Crippen LogP contribution in [0.2, 0.25) is 0 Å². The Morgan fingerprint density at radius 3 is 2.71 bits per heavy atom. The van der Waals surface area contributed by atoms with Crippen LogP contribution in [-0.4, -0.2) is 4.92 Å². The number of nitro benzene ring substituents is 1. The van der Waals surface area contributed by atoms with Crippen LogP contribution in [0, 0.1) is 28.4 Å². The Hall–Kier alpha value is -3.66. The van der Waals surface area contributed by atoms with Crippen molar-refractivity contribution in [2.75, 3.05) is 0 Å². The molecule has 1 heterocycles. The van der Waals surface area contributed by atoms with Gasteiger partial charge in [-0.25, -0.2) is 4.79 Å². The minimum Gasteiger partial charge on any atom is -0.450 e. The fourth-order valence-corrected chi connectivity index (χ4v) is 2.30. The van der Waals surface area contributed by atoms with Crippen molar-refractivity contribution in [3.05, 3.63) is 74.1 Å². The van der Waals surface area contributed by atoms with E-state index in [4.69, 9.17) is 14.4 Å². The summed E-state index contributed by atoms with van der Waals surface area (Å²) < 4.78 is 10.7. The molecule has 118 valence electrons. The molecule has 3 aromatic rings. The quantitative estimate of drug-likeness (QED) is 0.413. The van der Waals surface area contributed by atoms with Crippen molar-refractivity contribution >= 4 is 16.7 Å². The second-order valence-corrected chi connectivity index (χ2v) is 5.06. The van der Waals surface area contributed by atoms with Crippen molar-refractivity contribution in [1.29, 1.82) is 5.26 Å². The number of ether oxygens (including phenoxy) is 1. The van der Waals surface area contributed by atoms with Gasteiger partial charge in [0.25, 0.3) is 0 Å². The van der Waals surface area contributed by atoms with Gasteiger partial charge in [0, 0.05) is 17.5 Å². The molecule has 2 aromatic carbocycles. The molecule has 0 aliphatic carbocycles. The van der Waals surface area contributed by atoms with Gasteiger partial charge in [-0.2, -0.15) is 5.26 Å². The Kier molecular flexibility index (Phi) is 3.72. The zero-order valence-corrected chi connectivity index (χ0v) is 12.5.